The molecule has 1 aromatic rings. The number of amides is 2. The van der Waals surface area contributed by atoms with Crippen LogP contribution in [0.1, 0.15) is 25.3 Å². The van der Waals surface area contributed by atoms with Gasteiger partial charge in [-0.3, -0.25) is 9.59 Å². The fraction of sp³-hybridized carbons (Fsp3) is 0.579. The zero-order valence-corrected chi connectivity index (χ0v) is 16.5. The van der Waals surface area contributed by atoms with Crippen LogP contribution in [0.25, 0.3) is 0 Å². The number of ether oxygens (including phenoxy) is 2. The molecule has 1 N–H and O–H groups in total. The maximum atomic E-state index is 12.9. The van der Waals surface area contributed by atoms with Crippen LogP contribution >= 0.6 is 11.8 Å². The summed E-state index contributed by atoms with van der Waals surface area (Å²) in [6.45, 7) is 4.10. The predicted molar refractivity (Wildman–Crippen MR) is 103 cm³/mol. The Bertz CT molecular complexity index is 748. The highest BCUT2D eigenvalue weighted by molar-refractivity contribution is 8.01. The van der Waals surface area contributed by atoms with E-state index in [9.17, 15) is 9.59 Å². The summed E-state index contributed by atoms with van der Waals surface area (Å²) in [6.07, 6.45) is 1.80. The number of likely N-dealkylation sites (tertiary alicyclic amines) is 1. The maximum Gasteiger partial charge on any atom is 0.243 e. The molecule has 2 amide bonds. The van der Waals surface area contributed by atoms with Crippen LogP contribution in [0.5, 0.6) is 11.5 Å². The Labute approximate surface area is 163 Å². The van der Waals surface area contributed by atoms with Gasteiger partial charge in [0.15, 0.2) is 11.5 Å². The Kier molecular flexibility index (Phi) is 4.94. The Morgan fingerprint density at radius 3 is 2.74 bits per heavy atom. The summed E-state index contributed by atoms with van der Waals surface area (Å²) >= 11 is 1.76. The van der Waals surface area contributed by atoms with Gasteiger partial charge >= 0.3 is 0 Å². The van der Waals surface area contributed by atoms with Gasteiger partial charge in [-0.1, -0.05) is 6.07 Å². The Balaban J connectivity index is 1.42. The molecule has 0 bridgehead atoms. The molecule has 0 aliphatic carbocycles. The lowest BCUT2D eigenvalue weighted by atomic mass is 10.0. The summed E-state index contributed by atoms with van der Waals surface area (Å²) in [4.78, 5) is 29.2. The second-order valence-corrected chi connectivity index (χ2v) is 8.75. The molecule has 2 saturated heterocycles. The first-order valence-corrected chi connectivity index (χ1v) is 10.3. The molecule has 1 atom stereocenters. The van der Waals surface area contributed by atoms with E-state index in [2.05, 4.69) is 17.3 Å². The molecule has 3 heterocycles. The van der Waals surface area contributed by atoms with Crippen molar-refractivity contribution in [3.8, 4) is 11.5 Å². The molecular weight excluding hydrogens is 366 g/mol. The molecule has 0 saturated carbocycles. The zero-order valence-electron chi connectivity index (χ0n) is 15.7. The number of hydrogen-bond acceptors (Lipinski definition) is 6. The van der Waals surface area contributed by atoms with Gasteiger partial charge in [0.1, 0.15) is 6.04 Å². The molecule has 4 rings (SSSR count). The molecular formula is C19H25N3O4S. The van der Waals surface area contributed by atoms with E-state index in [1.54, 1.807) is 18.7 Å². The number of piperidine rings is 1. The summed E-state index contributed by atoms with van der Waals surface area (Å²) < 4.78 is 10.7. The van der Waals surface area contributed by atoms with Gasteiger partial charge in [0, 0.05) is 32.3 Å². The highest BCUT2D eigenvalue weighted by Gasteiger charge is 2.51. The van der Waals surface area contributed by atoms with E-state index in [0.717, 1.165) is 37.2 Å². The van der Waals surface area contributed by atoms with Gasteiger partial charge in [0.2, 0.25) is 18.6 Å². The van der Waals surface area contributed by atoms with Crippen molar-refractivity contribution >= 4 is 23.6 Å². The standard InChI is InChI=1S/C19H25N3O4S/c1-13(23)22-15(11-27-19(22)5-7-21(2)8-6-19)18(24)20-10-14-3-4-16-17(9-14)26-12-25-16/h3-4,9,15H,5-8,10-12H2,1-2H3,(H,20,24). The van der Waals surface area contributed by atoms with E-state index >= 15 is 0 Å². The number of thioether (sulfide) groups is 1. The summed E-state index contributed by atoms with van der Waals surface area (Å²) in [5, 5.41) is 2.99. The number of benzene rings is 1. The van der Waals surface area contributed by atoms with Crippen LogP contribution in [0.15, 0.2) is 18.2 Å². The van der Waals surface area contributed by atoms with Gasteiger partial charge in [0.05, 0.1) is 4.87 Å². The lowest BCUT2D eigenvalue weighted by Gasteiger charge is -2.44. The van der Waals surface area contributed by atoms with E-state index in [1.807, 2.05) is 23.1 Å². The normalized spacial score (nSPS) is 23.6. The highest BCUT2D eigenvalue weighted by atomic mass is 32.2. The summed E-state index contributed by atoms with van der Waals surface area (Å²) in [6, 6.07) is 5.24. The summed E-state index contributed by atoms with van der Waals surface area (Å²) in [5.41, 5.74) is 0.946. The SMILES string of the molecule is CC(=O)N1C(C(=O)NCc2ccc3c(c2)OCO3)CSC12CCN(C)CC2. The average Bonchev–Trinajstić information content (AvgIpc) is 3.26. The molecule has 0 radical (unpaired) electrons. The molecule has 3 aliphatic rings. The van der Waals surface area contributed by atoms with Crippen LogP contribution in [0.3, 0.4) is 0 Å². The Morgan fingerprint density at radius 1 is 1.26 bits per heavy atom. The van der Waals surface area contributed by atoms with Gasteiger partial charge < -0.3 is 24.6 Å². The molecule has 27 heavy (non-hydrogen) atoms. The third-order valence-corrected chi connectivity index (χ3v) is 7.20. The maximum absolute atomic E-state index is 12.9. The molecule has 7 nitrogen and oxygen atoms in total. The third kappa shape index (κ3) is 3.48. The second-order valence-electron chi connectivity index (χ2n) is 7.37. The van der Waals surface area contributed by atoms with Crippen molar-refractivity contribution < 1.29 is 19.1 Å². The molecule has 1 spiro atoms. The van der Waals surface area contributed by atoms with Crippen LogP contribution in [0, 0.1) is 0 Å². The van der Waals surface area contributed by atoms with Crippen molar-refractivity contribution in [1.29, 1.82) is 0 Å². The topological polar surface area (TPSA) is 71.1 Å². The molecule has 2 fully saturated rings. The number of hydrogen-bond donors (Lipinski definition) is 1. The molecule has 1 aromatic carbocycles. The summed E-state index contributed by atoms with van der Waals surface area (Å²) in [5.74, 6) is 1.97. The van der Waals surface area contributed by atoms with Crippen LogP contribution in [-0.2, 0) is 16.1 Å². The minimum Gasteiger partial charge on any atom is -0.454 e. The highest BCUT2D eigenvalue weighted by Crippen LogP contribution is 2.46. The minimum absolute atomic E-state index is 0.0206. The van der Waals surface area contributed by atoms with Crippen molar-refractivity contribution in [3.63, 3.8) is 0 Å². The van der Waals surface area contributed by atoms with Crippen LogP contribution < -0.4 is 14.8 Å². The van der Waals surface area contributed by atoms with Crippen LogP contribution in [0.4, 0.5) is 0 Å². The van der Waals surface area contributed by atoms with Crippen LogP contribution in [-0.4, -0.2) is 65.2 Å². The smallest absolute Gasteiger partial charge is 0.243 e. The molecule has 146 valence electrons. The first kappa shape index (κ1) is 18.4. The second kappa shape index (κ2) is 7.24. The lowest BCUT2D eigenvalue weighted by Crippen LogP contribution is -2.57. The van der Waals surface area contributed by atoms with E-state index in [0.29, 0.717) is 18.0 Å². The average molecular weight is 391 g/mol. The lowest BCUT2D eigenvalue weighted by molar-refractivity contribution is -0.142. The number of carbonyl (C=O) groups excluding carboxylic acids is 2. The molecule has 1 unspecified atom stereocenters. The minimum atomic E-state index is -0.412. The van der Waals surface area contributed by atoms with Gasteiger partial charge in [-0.25, -0.2) is 0 Å². The summed E-state index contributed by atoms with van der Waals surface area (Å²) in [7, 11) is 2.10. The number of rotatable bonds is 3. The van der Waals surface area contributed by atoms with Gasteiger partial charge in [0.25, 0.3) is 0 Å². The van der Waals surface area contributed by atoms with Crippen molar-refractivity contribution in [1.82, 2.24) is 15.1 Å². The van der Waals surface area contributed by atoms with Crippen molar-refractivity contribution in [2.24, 2.45) is 0 Å². The van der Waals surface area contributed by atoms with Gasteiger partial charge in [-0.2, -0.15) is 0 Å². The Hall–Kier alpha value is -1.93. The van der Waals surface area contributed by atoms with Crippen molar-refractivity contribution in [2.75, 3.05) is 32.7 Å². The first-order chi connectivity index (χ1) is 13.0. The number of fused-ring (bicyclic) bond motifs is 1. The number of nitrogens with zero attached hydrogens (tertiary/aromatic N) is 2. The molecule has 3 aliphatic heterocycles. The number of nitrogens with one attached hydrogen (secondary N) is 1. The van der Waals surface area contributed by atoms with E-state index in [1.165, 1.54) is 0 Å². The van der Waals surface area contributed by atoms with Crippen LogP contribution in [0.2, 0.25) is 0 Å². The monoisotopic (exact) mass is 391 g/mol. The van der Waals surface area contributed by atoms with Gasteiger partial charge in [-0.15, -0.1) is 11.8 Å². The van der Waals surface area contributed by atoms with E-state index in [4.69, 9.17) is 9.47 Å². The predicted octanol–water partition coefficient (Wildman–Crippen LogP) is 1.42. The first-order valence-electron chi connectivity index (χ1n) is 9.27. The third-order valence-electron chi connectivity index (χ3n) is 5.57. The quantitative estimate of drug-likeness (QED) is 0.840. The van der Waals surface area contributed by atoms with Gasteiger partial charge in [-0.05, 0) is 37.6 Å². The van der Waals surface area contributed by atoms with E-state index < -0.39 is 6.04 Å². The van der Waals surface area contributed by atoms with Crippen molar-refractivity contribution in [2.45, 2.75) is 37.2 Å². The largest absolute Gasteiger partial charge is 0.454 e. The number of carbonyl (C=O) groups is 2. The van der Waals surface area contributed by atoms with E-state index in [-0.39, 0.29) is 23.5 Å². The zero-order chi connectivity index (χ0) is 19.0. The Morgan fingerprint density at radius 2 is 2.00 bits per heavy atom. The fourth-order valence-electron chi connectivity index (χ4n) is 4.07. The molecule has 8 heteroatoms. The van der Waals surface area contributed by atoms with Crippen molar-refractivity contribution in [3.05, 3.63) is 23.8 Å². The fourth-order valence-corrected chi connectivity index (χ4v) is 5.71. The molecule has 0 aromatic heterocycles.